The fourth-order valence-corrected chi connectivity index (χ4v) is 1.63. The summed E-state index contributed by atoms with van der Waals surface area (Å²) in [5.41, 5.74) is 2.63. The van der Waals surface area contributed by atoms with E-state index in [1.54, 1.807) is 7.11 Å². The van der Waals surface area contributed by atoms with Crippen LogP contribution in [0.5, 0.6) is 5.75 Å². The molecule has 0 saturated carbocycles. The highest BCUT2D eigenvalue weighted by Crippen LogP contribution is 2.30. The lowest BCUT2D eigenvalue weighted by atomic mass is 10.1. The van der Waals surface area contributed by atoms with Crippen LogP contribution in [-0.4, -0.2) is 12.3 Å². The van der Waals surface area contributed by atoms with Gasteiger partial charge in [0.1, 0.15) is 5.75 Å². The van der Waals surface area contributed by atoms with E-state index in [1.165, 1.54) is 0 Å². The molecule has 2 rings (SSSR count). The normalized spacial score (nSPS) is 11.4. The molecule has 0 aliphatic carbocycles. The van der Waals surface area contributed by atoms with E-state index in [-0.39, 0.29) is 0 Å². The van der Waals surface area contributed by atoms with Crippen LogP contribution in [0, 0.1) is 6.92 Å². The molecule has 0 atom stereocenters. The maximum atomic E-state index is 5.29. The molecule has 15 heavy (non-hydrogen) atoms. The molecule has 0 fully saturated rings. The van der Waals surface area contributed by atoms with Gasteiger partial charge in [-0.1, -0.05) is 17.3 Å². The molecule has 0 amide bonds. The van der Waals surface area contributed by atoms with Gasteiger partial charge in [0.15, 0.2) is 5.58 Å². The molecule has 0 N–H and O–H groups in total. The van der Waals surface area contributed by atoms with Crippen molar-refractivity contribution in [1.82, 2.24) is 5.16 Å². The highest BCUT2D eigenvalue weighted by Gasteiger charge is 2.11. The Kier molecular flexibility index (Phi) is 2.46. The monoisotopic (exact) mass is 203 g/mol. The Balaban J connectivity index is 2.79. The predicted octanol–water partition coefficient (Wildman–Crippen LogP) is 3.18. The number of ether oxygens (including phenoxy) is 1. The van der Waals surface area contributed by atoms with E-state index in [0.29, 0.717) is 0 Å². The Morgan fingerprint density at radius 3 is 2.87 bits per heavy atom. The molecular formula is C12H13NO2. The minimum Gasteiger partial charge on any atom is -0.496 e. The number of hydrogen-bond acceptors (Lipinski definition) is 3. The fourth-order valence-electron chi connectivity index (χ4n) is 1.63. The van der Waals surface area contributed by atoms with Crippen molar-refractivity contribution in [3.63, 3.8) is 0 Å². The van der Waals surface area contributed by atoms with Crippen LogP contribution < -0.4 is 4.74 Å². The SMILES string of the molecule is C/C=C/c1c(OC)ccc2c(C)noc12. The lowest BCUT2D eigenvalue weighted by Crippen LogP contribution is -1.87. The second-order valence-corrected chi connectivity index (χ2v) is 3.33. The van der Waals surface area contributed by atoms with Gasteiger partial charge in [-0.15, -0.1) is 0 Å². The molecule has 3 heteroatoms. The Morgan fingerprint density at radius 2 is 2.20 bits per heavy atom. The molecule has 1 aromatic carbocycles. The van der Waals surface area contributed by atoms with Gasteiger partial charge in [-0.2, -0.15) is 0 Å². The summed E-state index contributed by atoms with van der Waals surface area (Å²) in [4.78, 5) is 0. The van der Waals surface area contributed by atoms with Crippen molar-refractivity contribution in [3.05, 3.63) is 29.5 Å². The smallest absolute Gasteiger partial charge is 0.178 e. The topological polar surface area (TPSA) is 35.3 Å². The molecule has 1 aromatic heterocycles. The third-order valence-electron chi connectivity index (χ3n) is 2.37. The number of allylic oxidation sites excluding steroid dienone is 1. The lowest BCUT2D eigenvalue weighted by molar-refractivity contribution is 0.410. The first-order valence-electron chi connectivity index (χ1n) is 4.83. The Morgan fingerprint density at radius 1 is 1.40 bits per heavy atom. The minimum absolute atomic E-state index is 0.782. The average Bonchev–Trinajstić information content (AvgIpc) is 2.62. The van der Waals surface area contributed by atoms with Gasteiger partial charge in [0.05, 0.1) is 18.4 Å². The first-order chi connectivity index (χ1) is 7.27. The summed E-state index contributed by atoms with van der Waals surface area (Å²) in [5.74, 6) is 0.803. The van der Waals surface area contributed by atoms with Crippen LogP contribution >= 0.6 is 0 Å². The molecular weight excluding hydrogens is 190 g/mol. The Labute approximate surface area is 88.3 Å². The van der Waals surface area contributed by atoms with Gasteiger partial charge in [0, 0.05) is 5.39 Å². The number of hydrogen-bond donors (Lipinski definition) is 0. The minimum atomic E-state index is 0.782. The van der Waals surface area contributed by atoms with Crippen molar-refractivity contribution in [1.29, 1.82) is 0 Å². The average molecular weight is 203 g/mol. The number of rotatable bonds is 2. The van der Waals surface area contributed by atoms with Crippen LogP contribution in [0.1, 0.15) is 18.2 Å². The van der Waals surface area contributed by atoms with E-state index >= 15 is 0 Å². The van der Waals surface area contributed by atoms with Crippen LogP contribution in [0.4, 0.5) is 0 Å². The van der Waals surface area contributed by atoms with Gasteiger partial charge in [-0.05, 0) is 26.0 Å². The summed E-state index contributed by atoms with van der Waals surface area (Å²) in [7, 11) is 1.65. The summed E-state index contributed by atoms with van der Waals surface area (Å²) in [6.07, 6.45) is 3.92. The van der Waals surface area contributed by atoms with E-state index < -0.39 is 0 Å². The first-order valence-corrected chi connectivity index (χ1v) is 4.83. The molecule has 0 saturated heterocycles. The Hall–Kier alpha value is -1.77. The lowest BCUT2D eigenvalue weighted by Gasteiger charge is -2.03. The number of nitrogens with zero attached hydrogens (tertiary/aromatic N) is 1. The molecule has 3 nitrogen and oxygen atoms in total. The standard InChI is InChI=1S/C12H13NO2/c1-4-5-10-11(14-3)7-6-9-8(2)13-15-12(9)10/h4-7H,1-3H3/b5-4+. The van der Waals surface area contributed by atoms with Crippen molar-refractivity contribution in [2.75, 3.05) is 7.11 Å². The van der Waals surface area contributed by atoms with E-state index in [0.717, 1.165) is 28.0 Å². The zero-order chi connectivity index (χ0) is 10.8. The summed E-state index contributed by atoms with van der Waals surface area (Å²) in [6.45, 7) is 3.89. The molecule has 0 spiro atoms. The van der Waals surface area contributed by atoms with Crippen molar-refractivity contribution < 1.29 is 9.26 Å². The van der Waals surface area contributed by atoms with Gasteiger partial charge in [-0.25, -0.2) is 0 Å². The zero-order valence-corrected chi connectivity index (χ0v) is 9.07. The van der Waals surface area contributed by atoms with Gasteiger partial charge < -0.3 is 9.26 Å². The second kappa shape index (κ2) is 3.77. The quantitative estimate of drug-likeness (QED) is 0.751. The number of aromatic nitrogens is 1. The van der Waals surface area contributed by atoms with E-state index in [9.17, 15) is 0 Å². The largest absolute Gasteiger partial charge is 0.496 e. The van der Waals surface area contributed by atoms with Crippen LogP contribution in [0.3, 0.4) is 0 Å². The van der Waals surface area contributed by atoms with E-state index in [1.807, 2.05) is 38.1 Å². The molecule has 0 unspecified atom stereocenters. The highest BCUT2D eigenvalue weighted by molar-refractivity contribution is 5.89. The highest BCUT2D eigenvalue weighted by atomic mass is 16.5. The Bertz CT molecular complexity index is 512. The van der Waals surface area contributed by atoms with Gasteiger partial charge in [-0.3, -0.25) is 0 Å². The third-order valence-corrected chi connectivity index (χ3v) is 2.37. The van der Waals surface area contributed by atoms with Crippen LogP contribution in [-0.2, 0) is 0 Å². The van der Waals surface area contributed by atoms with Gasteiger partial charge in [0.2, 0.25) is 0 Å². The molecule has 78 valence electrons. The number of benzene rings is 1. The molecule has 0 bridgehead atoms. The summed E-state index contributed by atoms with van der Waals surface area (Å²) in [5, 5.41) is 4.98. The summed E-state index contributed by atoms with van der Waals surface area (Å²) >= 11 is 0. The van der Waals surface area contributed by atoms with Crippen molar-refractivity contribution in [2.45, 2.75) is 13.8 Å². The molecule has 0 aliphatic rings. The maximum absolute atomic E-state index is 5.29. The number of methoxy groups -OCH3 is 1. The molecule has 0 aliphatic heterocycles. The molecule has 0 radical (unpaired) electrons. The van der Waals surface area contributed by atoms with E-state index in [2.05, 4.69) is 5.16 Å². The maximum Gasteiger partial charge on any atom is 0.178 e. The van der Waals surface area contributed by atoms with Crippen LogP contribution in [0.2, 0.25) is 0 Å². The number of aryl methyl sites for hydroxylation is 1. The van der Waals surface area contributed by atoms with Crippen molar-refractivity contribution in [3.8, 4) is 5.75 Å². The second-order valence-electron chi connectivity index (χ2n) is 3.33. The fraction of sp³-hybridized carbons (Fsp3) is 0.250. The third kappa shape index (κ3) is 1.50. The van der Waals surface area contributed by atoms with Gasteiger partial charge in [0.25, 0.3) is 0 Å². The van der Waals surface area contributed by atoms with Crippen molar-refractivity contribution in [2.24, 2.45) is 0 Å². The van der Waals surface area contributed by atoms with Crippen molar-refractivity contribution >= 4 is 17.0 Å². The predicted molar refractivity (Wildman–Crippen MR) is 60.0 cm³/mol. The molecule has 2 aromatic rings. The summed E-state index contributed by atoms with van der Waals surface area (Å²) in [6, 6.07) is 3.90. The first kappa shape index (κ1) is 9.77. The van der Waals surface area contributed by atoms with Crippen LogP contribution in [0.15, 0.2) is 22.7 Å². The van der Waals surface area contributed by atoms with E-state index in [4.69, 9.17) is 9.26 Å². The molecule has 1 heterocycles. The number of fused-ring (bicyclic) bond motifs is 1. The van der Waals surface area contributed by atoms with Crippen LogP contribution in [0.25, 0.3) is 17.0 Å². The summed E-state index contributed by atoms with van der Waals surface area (Å²) < 4.78 is 10.6. The zero-order valence-electron chi connectivity index (χ0n) is 9.07. The van der Waals surface area contributed by atoms with Gasteiger partial charge >= 0.3 is 0 Å².